The minimum absolute atomic E-state index is 0.0545. The van der Waals surface area contributed by atoms with Gasteiger partial charge in [0.1, 0.15) is 5.54 Å². The average molecular weight is 325 g/mol. The van der Waals surface area contributed by atoms with Crippen molar-refractivity contribution in [3.05, 3.63) is 16.1 Å². The highest BCUT2D eigenvalue weighted by Crippen LogP contribution is 2.49. The van der Waals surface area contributed by atoms with Crippen LogP contribution in [0.3, 0.4) is 0 Å². The fourth-order valence-corrected chi connectivity index (χ4v) is 3.69. The van der Waals surface area contributed by atoms with Crippen molar-refractivity contribution in [1.82, 2.24) is 10.3 Å². The lowest BCUT2D eigenvalue weighted by Gasteiger charge is -2.57. The Balaban J connectivity index is 1.84. The molecule has 0 aliphatic heterocycles. The number of hydrogen-bond acceptors (Lipinski definition) is 5. The Morgan fingerprint density at radius 3 is 2.82 bits per heavy atom. The number of nitrogens with two attached hydrogens (primary N) is 1. The number of thiazole rings is 1. The highest BCUT2D eigenvalue weighted by molar-refractivity contribution is 7.09. The monoisotopic (exact) mass is 325 g/mol. The molecule has 1 aliphatic carbocycles. The van der Waals surface area contributed by atoms with E-state index in [0.29, 0.717) is 19.6 Å². The molecule has 0 spiro atoms. The van der Waals surface area contributed by atoms with Gasteiger partial charge in [0.05, 0.1) is 16.8 Å². The summed E-state index contributed by atoms with van der Waals surface area (Å²) in [7, 11) is 0. The Kier molecular flexibility index (Phi) is 5.25. The van der Waals surface area contributed by atoms with Crippen molar-refractivity contribution >= 4 is 17.2 Å². The van der Waals surface area contributed by atoms with Crippen molar-refractivity contribution in [1.29, 1.82) is 0 Å². The molecule has 1 saturated carbocycles. The topological polar surface area (TPSA) is 77.2 Å². The molecular formula is C16H27N3O2S. The lowest BCUT2D eigenvalue weighted by Crippen LogP contribution is -2.75. The van der Waals surface area contributed by atoms with Crippen molar-refractivity contribution in [2.75, 3.05) is 13.2 Å². The first-order valence-electron chi connectivity index (χ1n) is 7.97. The Labute approximate surface area is 136 Å². The predicted octanol–water partition coefficient (Wildman–Crippen LogP) is 1.90. The first kappa shape index (κ1) is 17.4. The summed E-state index contributed by atoms with van der Waals surface area (Å²) < 4.78 is 5.66. The van der Waals surface area contributed by atoms with Gasteiger partial charge in [-0.1, -0.05) is 20.8 Å². The summed E-state index contributed by atoms with van der Waals surface area (Å²) in [5.74, 6) is -0.0839. The van der Waals surface area contributed by atoms with Gasteiger partial charge in [0.15, 0.2) is 0 Å². The number of hydrogen-bond donors (Lipinski definition) is 2. The molecule has 0 aromatic carbocycles. The van der Waals surface area contributed by atoms with Crippen LogP contribution in [0.25, 0.3) is 0 Å². The van der Waals surface area contributed by atoms with Gasteiger partial charge in [0, 0.05) is 36.8 Å². The molecule has 1 aromatic rings. The van der Waals surface area contributed by atoms with E-state index < -0.39 is 5.54 Å². The summed E-state index contributed by atoms with van der Waals surface area (Å²) >= 11 is 1.67. The highest BCUT2D eigenvalue weighted by atomic mass is 32.1. The van der Waals surface area contributed by atoms with E-state index >= 15 is 0 Å². The lowest BCUT2D eigenvalue weighted by atomic mass is 9.54. The number of ether oxygens (including phenoxy) is 1. The molecule has 2 unspecified atom stereocenters. The third-order valence-corrected chi connectivity index (χ3v) is 5.85. The van der Waals surface area contributed by atoms with E-state index in [2.05, 4.69) is 22.6 Å². The predicted molar refractivity (Wildman–Crippen MR) is 88.9 cm³/mol. The molecule has 124 valence electrons. The Bertz CT molecular complexity index is 529. The Morgan fingerprint density at radius 2 is 2.27 bits per heavy atom. The molecule has 0 radical (unpaired) electrons. The van der Waals surface area contributed by atoms with Crippen LogP contribution in [0, 0.1) is 5.41 Å². The van der Waals surface area contributed by atoms with Crippen LogP contribution in [-0.4, -0.2) is 35.7 Å². The zero-order valence-corrected chi connectivity index (χ0v) is 14.8. The first-order chi connectivity index (χ1) is 10.3. The van der Waals surface area contributed by atoms with Crippen molar-refractivity contribution in [3.63, 3.8) is 0 Å². The van der Waals surface area contributed by atoms with Crippen LogP contribution >= 0.6 is 11.3 Å². The van der Waals surface area contributed by atoms with Crippen LogP contribution in [0.1, 0.15) is 44.8 Å². The molecule has 6 heteroatoms. The van der Waals surface area contributed by atoms with Crippen molar-refractivity contribution in [2.24, 2.45) is 11.1 Å². The van der Waals surface area contributed by atoms with Gasteiger partial charge < -0.3 is 15.8 Å². The third kappa shape index (κ3) is 3.05. The number of amides is 1. The number of carbonyl (C=O) groups excluding carboxylic acids is 1. The van der Waals surface area contributed by atoms with E-state index in [1.165, 1.54) is 0 Å². The molecular weight excluding hydrogens is 298 g/mol. The first-order valence-corrected chi connectivity index (χ1v) is 8.85. The number of aryl methyl sites for hydroxylation is 1. The minimum atomic E-state index is -0.844. The van der Waals surface area contributed by atoms with Crippen LogP contribution in [0.5, 0.6) is 0 Å². The second kappa shape index (κ2) is 6.64. The molecule has 1 amide bonds. The summed E-state index contributed by atoms with van der Waals surface area (Å²) in [6, 6.07) is 0. The van der Waals surface area contributed by atoms with Crippen molar-refractivity contribution in [3.8, 4) is 0 Å². The number of nitrogens with one attached hydrogen (secondary N) is 1. The Morgan fingerprint density at radius 1 is 1.55 bits per heavy atom. The van der Waals surface area contributed by atoms with Gasteiger partial charge in [-0.25, -0.2) is 4.98 Å². The van der Waals surface area contributed by atoms with Gasteiger partial charge in [0.25, 0.3) is 0 Å². The quantitative estimate of drug-likeness (QED) is 0.802. The smallest absolute Gasteiger partial charge is 0.240 e. The normalized spacial score (nSPS) is 26.5. The third-order valence-electron chi connectivity index (χ3n) is 4.80. The highest BCUT2D eigenvalue weighted by Gasteiger charge is 2.62. The van der Waals surface area contributed by atoms with Crippen molar-refractivity contribution in [2.45, 2.75) is 58.6 Å². The summed E-state index contributed by atoms with van der Waals surface area (Å²) in [6.45, 7) is 9.28. The summed E-state index contributed by atoms with van der Waals surface area (Å²) in [4.78, 5) is 17.0. The number of nitrogens with zero attached hydrogens (tertiary/aromatic N) is 1. The molecule has 1 fully saturated rings. The zero-order valence-electron chi connectivity index (χ0n) is 13.9. The zero-order chi connectivity index (χ0) is 16.4. The summed E-state index contributed by atoms with van der Waals surface area (Å²) in [5, 5.41) is 6.16. The summed E-state index contributed by atoms with van der Waals surface area (Å²) in [6.07, 6.45) is 2.33. The van der Waals surface area contributed by atoms with Gasteiger partial charge in [-0.2, -0.15) is 0 Å². The molecule has 0 bridgehead atoms. The van der Waals surface area contributed by atoms with Crippen LogP contribution in [0.2, 0.25) is 0 Å². The second-order valence-electron chi connectivity index (χ2n) is 6.43. The van der Waals surface area contributed by atoms with Gasteiger partial charge in [-0.3, -0.25) is 4.79 Å². The molecule has 2 atom stereocenters. The van der Waals surface area contributed by atoms with Gasteiger partial charge in [0.2, 0.25) is 5.91 Å². The van der Waals surface area contributed by atoms with Gasteiger partial charge >= 0.3 is 0 Å². The number of carbonyl (C=O) groups is 1. The van der Waals surface area contributed by atoms with Gasteiger partial charge in [-0.05, 0) is 13.3 Å². The standard InChI is InChI=1S/C16H27N3O2S/c1-5-13-19-11(10-22-13)7-8-18-14(20)16(17)9-12(21-6-2)15(16,3)4/h10,12H,5-9,17H2,1-4H3,(H,18,20). The number of aromatic nitrogens is 1. The SMILES string of the molecule is CCOC1CC(N)(C(=O)NCCc2csc(CC)n2)C1(C)C. The van der Waals surface area contributed by atoms with E-state index in [4.69, 9.17) is 10.5 Å². The van der Waals surface area contributed by atoms with Gasteiger partial charge in [-0.15, -0.1) is 11.3 Å². The van der Waals surface area contributed by atoms with E-state index in [1.807, 2.05) is 20.8 Å². The van der Waals surface area contributed by atoms with E-state index in [1.54, 1.807) is 11.3 Å². The average Bonchev–Trinajstić information content (AvgIpc) is 2.94. The fourth-order valence-electron chi connectivity index (χ4n) is 2.91. The maximum Gasteiger partial charge on any atom is 0.240 e. The van der Waals surface area contributed by atoms with Crippen molar-refractivity contribution < 1.29 is 9.53 Å². The molecule has 22 heavy (non-hydrogen) atoms. The second-order valence-corrected chi connectivity index (χ2v) is 7.38. The fraction of sp³-hybridized carbons (Fsp3) is 0.750. The van der Waals surface area contributed by atoms with E-state index in [0.717, 1.165) is 23.5 Å². The molecule has 1 aromatic heterocycles. The van der Waals surface area contributed by atoms with Crippen LogP contribution < -0.4 is 11.1 Å². The van der Waals surface area contributed by atoms with Crippen LogP contribution in [-0.2, 0) is 22.4 Å². The Hall–Kier alpha value is -0.980. The molecule has 0 saturated heterocycles. The molecule has 5 nitrogen and oxygen atoms in total. The van der Waals surface area contributed by atoms with E-state index in [-0.39, 0.29) is 17.4 Å². The van der Waals surface area contributed by atoms with Crippen LogP contribution in [0.4, 0.5) is 0 Å². The molecule has 3 N–H and O–H groups in total. The maximum absolute atomic E-state index is 12.5. The largest absolute Gasteiger partial charge is 0.378 e. The van der Waals surface area contributed by atoms with Crippen LogP contribution in [0.15, 0.2) is 5.38 Å². The number of rotatable bonds is 7. The molecule has 1 aliphatic rings. The maximum atomic E-state index is 12.5. The lowest BCUT2D eigenvalue weighted by molar-refractivity contribution is -0.170. The summed E-state index contributed by atoms with van der Waals surface area (Å²) in [5.41, 5.74) is 6.19. The minimum Gasteiger partial charge on any atom is -0.378 e. The molecule has 2 rings (SSSR count). The molecule has 1 heterocycles. The van der Waals surface area contributed by atoms with E-state index in [9.17, 15) is 4.79 Å².